The summed E-state index contributed by atoms with van der Waals surface area (Å²) in [4.78, 5) is 17.6. The van der Waals surface area contributed by atoms with Gasteiger partial charge in [0.05, 0.1) is 0 Å². The first kappa shape index (κ1) is 14.5. The molecule has 1 aliphatic heterocycles. The second-order valence-electron chi connectivity index (χ2n) is 5.78. The van der Waals surface area contributed by atoms with Crippen molar-refractivity contribution in [2.45, 2.75) is 49.7 Å². The number of amides is 1. The molecule has 9 heteroatoms. The molecule has 3 rings (SSSR count). The highest BCUT2D eigenvalue weighted by molar-refractivity contribution is 7.89. The van der Waals surface area contributed by atoms with E-state index in [9.17, 15) is 13.2 Å². The molecule has 0 aromatic carbocycles. The lowest BCUT2D eigenvalue weighted by atomic mass is 9.89. The van der Waals surface area contributed by atoms with E-state index in [0.29, 0.717) is 5.92 Å². The van der Waals surface area contributed by atoms with Gasteiger partial charge in [0.25, 0.3) is 5.95 Å². The highest BCUT2D eigenvalue weighted by atomic mass is 32.2. The average molecular weight is 313 g/mol. The summed E-state index contributed by atoms with van der Waals surface area (Å²) in [5, 5.41) is 11.2. The van der Waals surface area contributed by atoms with Gasteiger partial charge < -0.3 is 0 Å². The van der Waals surface area contributed by atoms with E-state index in [1.54, 1.807) is 0 Å². The lowest BCUT2D eigenvalue weighted by molar-refractivity contribution is -0.117. The molecule has 1 saturated heterocycles. The van der Waals surface area contributed by atoms with Crippen LogP contribution in [-0.4, -0.2) is 41.3 Å². The molecule has 21 heavy (non-hydrogen) atoms. The molecule has 1 aliphatic carbocycles. The second-order valence-corrected chi connectivity index (χ2v) is 7.62. The predicted octanol–water partition coefficient (Wildman–Crippen LogP) is 0.246. The molecule has 1 unspecified atom stereocenters. The van der Waals surface area contributed by atoms with Crippen molar-refractivity contribution < 1.29 is 13.2 Å². The van der Waals surface area contributed by atoms with Gasteiger partial charge in [-0.1, -0.05) is 19.3 Å². The van der Waals surface area contributed by atoms with Crippen LogP contribution in [0.15, 0.2) is 0 Å². The number of aromatic amines is 1. The van der Waals surface area contributed by atoms with Crippen LogP contribution < -0.4 is 10.0 Å². The molecule has 1 amide bonds. The number of hydrogen-bond acceptors (Lipinski definition) is 5. The van der Waals surface area contributed by atoms with Crippen LogP contribution in [0.3, 0.4) is 0 Å². The number of nitrogens with zero attached hydrogens (tertiary/aromatic N) is 3. The predicted molar refractivity (Wildman–Crippen MR) is 76.1 cm³/mol. The van der Waals surface area contributed by atoms with Crippen LogP contribution in [0, 0.1) is 0 Å². The standard InChI is InChI=1S/C12H19N5O3S/c13-21(19,20)9-6-10(18)17(7-9)12-14-11(15-16-12)8-4-2-1-3-5-8/h8-9H,1-7H2,(H2,13,19,20)(H,14,15,16). The Bertz CT molecular complexity index is 635. The minimum Gasteiger partial charge on any atom is -0.278 e. The zero-order valence-electron chi connectivity index (χ0n) is 11.7. The first-order chi connectivity index (χ1) is 9.95. The van der Waals surface area contributed by atoms with Crippen LogP contribution in [0.4, 0.5) is 5.95 Å². The fraction of sp³-hybridized carbons (Fsp3) is 0.750. The van der Waals surface area contributed by atoms with E-state index in [1.165, 1.54) is 24.2 Å². The quantitative estimate of drug-likeness (QED) is 0.828. The summed E-state index contributed by atoms with van der Waals surface area (Å²) in [6.07, 6.45) is 5.64. The largest absolute Gasteiger partial charge is 0.278 e. The van der Waals surface area contributed by atoms with Gasteiger partial charge in [-0.2, -0.15) is 4.98 Å². The van der Waals surface area contributed by atoms with Crippen molar-refractivity contribution in [1.82, 2.24) is 15.2 Å². The van der Waals surface area contributed by atoms with Gasteiger partial charge in [-0.25, -0.2) is 13.6 Å². The Kier molecular flexibility index (Phi) is 3.70. The van der Waals surface area contributed by atoms with Crippen LogP contribution in [0.5, 0.6) is 0 Å². The Hall–Kier alpha value is -1.48. The van der Waals surface area contributed by atoms with Crippen molar-refractivity contribution in [1.29, 1.82) is 0 Å². The van der Waals surface area contributed by atoms with E-state index in [4.69, 9.17) is 5.14 Å². The van der Waals surface area contributed by atoms with E-state index in [1.807, 2.05) is 0 Å². The van der Waals surface area contributed by atoms with Crippen LogP contribution in [-0.2, 0) is 14.8 Å². The first-order valence-corrected chi connectivity index (χ1v) is 8.80. The molecule has 3 N–H and O–H groups in total. The molecule has 116 valence electrons. The van der Waals surface area contributed by atoms with Crippen molar-refractivity contribution in [3.8, 4) is 0 Å². The Balaban J connectivity index is 1.75. The van der Waals surface area contributed by atoms with Gasteiger partial charge in [0.2, 0.25) is 15.9 Å². The maximum absolute atomic E-state index is 11.9. The number of H-pyrrole nitrogens is 1. The van der Waals surface area contributed by atoms with Gasteiger partial charge in [-0.05, 0) is 12.8 Å². The van der Waals surface area contributed by atoms with Gasteiger partial charge in [0, 0.05) is 18.9 Å². The Morgan fingerprint density at radius 1 is 1.24 bits per heavy atom. The van der Waals surface area contributed by atoms with Crippen molar-refractivity contribution in [3.63, 3.8) is 0 Å². The molecular weight excluding hydrogens is 294 g/mol. The van der Waals surface area contributed by atoms with E-state index in [-0.39, 0.29) is 24.8 Å². The van der Waals surface area contributed by atoms with Crippen molar-refractivity contribution >= 4 is 21.9 Å². The Morgan fingerprint density at radius 3 is 2.57 bits per heavy atom. The lowest BCUT2D eigenvalue weighted by Gasteiger charge is -2.18. The number of hydrogen-bond donors (Lipinski definition) is 2. The highest BCUT2D eigenvalue weighted by Crippen LogP contribution is 2.31. The summed E-state index contributed by atoms with van der Waals surface area (Å²) in [7, 11) is -3.72. The number of aromatic nitrogens is 3. The zero-order chi connectivity index (χ0) is 15.0. The number of nitrogens with one attached hydrogen (secondary N) is 1. The second kappa shape index (κ2) is 5.38. The summed E-state index contributed by atoms with van der Waals surface area (Å²) in [6.45, 7) is 0.0274. The third kappa shape index (κ3) is 2.93. The van der Waals surface area contributed by atoms with Gasteiger partial charge >= 0.3 is 0 Å². The molecule has 1 saturated carbocycles. The number of sulfonamides is 1. The first-order valence-electron chi connectivity index (χ1n) is 7.19. The van der Waals surface area contributed by atoms with Crippen LogP contribution in [0.2, 0.25) is 0 Å². The van der Waals surface area contributed by atoms with Gasteiger partial charge in [0.1, 0.15) is 11.1 Å². The topological polar surface area (TPSA) is 122 Å². The molecular formula is C12H19N5O3S. The lowest BCUT2D eigenvalue weighted by Crippen LogP contribution is -2.32. The minimum atomic E-state index is -3.72. The minimum absolute atomic E-state index is 0.0274. The smallest absolute Gasteiger partial charge is 0.251 e. The molecule has 1 atom stereocenters. The third-order valence-electron chi connectivity index (χ3n) is 4.28. The number of anilines is 1. The summed E-state index contributed by atoms with van der Waals surface area (Å²) in [5.74, 6) is 1.10. The van der Waals surface area contributed by atoms with E-state index in [0.717, 1.165) is 18.7 Å². The molecule has 1 aromatic rings. The third-order valence-corrected chi connectivity index (χ3v) is 5.52. The number of nitrogens with two attached hydrogens (primary N) is 1. The monoisotopic (exact) mass is 313 g/mol. The molecule has 0 spiro atoms. The Morgan fingerprint density at radius 2 is 1.95 bits per heavy atom. The highest BCUT2D eigenvalue weighted by Gasteiger charge is 2.39. The fourth-order valence-corrected chi connectivity index (χ4v) is 3.76. The normalized spacial score (nSPS) is 24.7. The molecule has 2 heterocycles. The van der Waals surface area contributed by atoms with E-state index >= 15 is 0 Å². The van der Waals surface area contributed by atoms with E-state index < -0.39 is 15.3 Å². The summed E-state index contributed by atoms with van der Waals surface area (Å²) in [5.41, 5.74) is 0. The van der Waals surface area contributed by atoms with Crippen molar-refractivity contribution in [3.05, 3.63) is 5.82 Å². The Labute approximate surface area is 123 Å². The molecule has 0 radical (unpaired) electrons. The fourth-order valence-electron chi connectivity index (χ4n) is 3.03. The van der Waals surface area contributed by atoms with Crippen molar-refractivity contribution in [2.75, 3.05) is 11.4 Å². The maximum atomic E-state index is 11.9. The summed E-state index contributed by atoms with van der Waals surface area (Å²) < 4.78 is 22.7. The molecule has 2 fully saturated rings. The number of carbonyl (C=O) groups excluding carboxylic acids is 1. The molecule has 1 aromatic heterocycles. The average Bonchev–Trinajstić information content (AvgIpc) is 3.05. The molecule has 2 aliphatic rings. The number of primary sulfonamides is 1. The number of rotatable bonds is 3. The van der Waals surface area contributed by atoms with Crippen LogP contribution >= 0.6 is 0 Å². The van der Waals surface area contributed by atoms with Gasteiger partial charge in [0.15, 0.2) is 0 Å². The van der Waals surface area contributed by atoms with Crippen LogP contribution in [0.1, 0.15) is 50.3 Å². The summed E-state index contributed by atoms with van der Waals surface area (Å²) in [6, 6.07) is 0. The zero-order valence-corrected chi connectivity index (χ0v) is 12.5. The van der Waals surface area contributed by atoms with Crippen LogP contribution in [0.25, 0.3) is 0 Å². The van der Waals surface area contributed by atoms with Crippen molar-refractivity contribution in [2.24, 2.45) is 5.14 Å². The van der Waals surface area contributed by atoms with Gasteiger partial charge in [-0.3, -0.25) is 14.8 Å². The van der Waals surface area contributed by atoms with E-state index in [2.05, 4.69) is 15.2 Å². The SMILES string of the molecule is NS(=O)(=O)C1CC(=O)N(c2n[nH]c(C3CCCCC3)n2)C1. The maximum Gasteiger partial charge on any atom is 0.251 e. The number of carbonyl (C=O) groups is 1. The summed E-state index contributed by atoms with van der Waals surface area (Å²) >= 11 is 0. The van der Waals surface area contributed by atoms with Gasteiger partial charge in [-0.15, -0.1) is 5.10 Å². The molecule has 8 nitrogen and oxygen atoms in total. The molecule has 0 bridgehead atoms.